The number of nitrogens with one attached hydrogen (secondary N) is 1. The van der Waals surface area contributed by atoms with E-state index in [1.807, 2.05) is 37.3 Å². The second kappa shape index (κ2) is 8.84. The van der Waals surface area contributed by atoms with E-state index in [-0.39, 0.29) is 28.1 Å². The molecule has 0 saturated heterocycles. The van der Waals surface area contributed by atoms with E-state index in [1.165, 1.54) is 31.4 Å². The molecule has 148 valence electrons. The van der Waals surface area contributed by atoms with Crippen molar-refractivity contribution in [1.29, 1.82) is 0 Å². The molecule has 0 aliphatic rings. The van der Waals surface area contributed by atoms with Crippen LogP contribution in [0, 0.1) is 5.82 Å². The summed E-state index contributed by atoms with van der Waals surface area (Å²) >= 11 is 5.84. The predicted octanol–water partition coefficient (Wildman–Crippen LogP) is 5.54. The number of hydrogen-bond donors (Lipinski definition) is 1. The van der Waals surface area contributed by atoms with Gasteiger partial charge < -0.3 is 10.1 Å². The van der Waals surface area contributed by atoms with Gasteiger partial charge in [0.15, 0.2) is 11.5 Å². The topological polar surface area (TPSA) is 64.1 Å². The van der Waals surface area contributed by atoms with Crippen LogP contribution in [0.5, 0.6) is 0 Å². The summed E-state index contributed by atoms with van der Waals surface area (Å²) in [6, 6.07) is 13.7. The molecule has 1 unspecified atom stereocenters. The number of esters is 1. The highest BCUT2D eigenvalue weighted by molar-refractivity contribution is 6.30. The highest BCUT2D eigenvalue weighted by Gasteiger charge is 2.22. The largest absolute Gasteiger partial charge is 0.464 e. The van der Waals surface area contributed by atoms with Crippen molar-refractivity contribution < 1.29 is 13.9 Å². The number of rotatable bonds is 6. The summed E-state index contributed by atoms with van der Waals surface area (Å²) in [5.41, 5.74) is 1.49. The van der Waals surface area contributed by atoms with E-state index in [0.29, 0.717) is 11.4 Å². The second-order valence-corrected chi connectivity index (χ2v) is 6.69. The van der Waals surface area contributed by atoms with Crippen molar-refractivity contribution in [1.82, 2.24) is 9.97 Å². The van der Waals surface area contributed by atoms with Crippen LogP contribution in [0.1, 0.15) is 34.6 Å². The molecule has 0 amide bonds. The Kier molecular flexibility index (Phi) is 6.24. The minimum atomic E-state index is -0.673. The van der Waals surface area contributed by atoms with E-state index in [2.05, 4.69) is 21.9 Å². The van der Waals surface area contributed by atoms with Gasteiger partial charge in [-0.2, -0.15) is 0 Å². The van der Waals surface area contributed by atoms with Gasteiger partial charge in [0.05, 0.1) is 12.7 Å². The molecule has 7 heteroatoms. The van der Waals surface area contributed by atoms with E-state index in [9.17, 15) is 9.18 Å². The van der Waals surface area contributed by atoms with Gasteiger partial charge >= 0.3 is 5.97 Å². The highest BCUT2D eigenvalue weighted by atomic mass is 35.5. The van der Waals surface area contributed by atoms with Crippen LogP contribution in [-0.2, 0) is 4.74 Å². The molecular formula is C22H19ClFN3O2. The van der Waals surface area contributed by atoms with Crippen LogP contribution in [0.2, 0.25) is 5.02 Å². The third-order valence-electron chi connectivity index (χ3n) is 4.35. The Morgan fingerprint density at radius 1 is 1.24 bits per heavy atom. The van der Waals surface area contributed by atoms with E-state index in [1.54, 1.807) is 0 Å². The highest BCUT2D eigenvalue weighted by Crippen LogP contribution is 2.29. The molecule has 3 aromatic rings. The third kappa shape index (κ3) is 4.43. The zero-order chi connectivity index (χ0) is 21.0. The van der Waals surface area contributed by atoms with Gasteiger partial charge in [0.2, 0.25) is 0 Å². The molecule has 0 bridgehead atoms. The molecule has 0 spiro atoms. The van der Waals surface area contributed by atoms with Crippen molar-refractivity contribution in [3.8, 4) is 11.4 Å². The van der Waals surface area contributed by atoms with Crippen molar-refractivity contribution in [2.24, 2.45) is 0 Å². The van der Waals surface area contributed by atoms with Crippen molar-refractivity contribution in [3.05, 3.63) is 82.8 Å². The summed E-state index contributed by atoms with van der Waals surface area (Å²) in [6.07, 6.45) is 1.47. The molecule has 2 aromatic carbocycles. The monoisotopic (exact) mass is 411 g/mol. The van der Waals surface area contributed by atoms with Crippen LogP contribution in [0.15, 0.2) is 55.1 Å². The minimum Gasteiger partial charge on any atom is -0.464 e. The predicted molar refractivity (Wildman–Crippen MR) is 112 cm³/mol. The molecule has 0 radical (unpaired) electrons. The van der Waals surface area contributed by atoms with Crippen LogP contribution >= 0.6 is 11.6 Å². The Hall–Kier alpha value is -3.25. The molecule has 1 heterocycles. The normalized spacial score (nSPS) is 11.6. The first-order chi connectivity index (χ1) is 13.9. The van der Waals surface area contributed by atoms with E-state index < -0.39 is 11.8 Å². The number of carbonyl (C=O) groups excluding carboxylic acids is 1. The van der Waals surface area contributed by atoms with Crippen molar-refractivity contribution in [2.75, 3.05) is 12.4 Å². The van der Waals surface area contributed by atoms with E-state index in [0.717, 1.165) is 5.56 Å². The lowest BCUT2D eigenvalue weighted by atomic mass is 10.1. The first-order valence-corrected chi connectivity index (χ1v) is 9.22. The lowest BCUT2D eigenvalue weighted by Gasteiger charge is -2.19. The maximum Gasteiger partial charge on any atom is 0.357 e. The molecule has 1 atom stereocenters. The minimum absolute atomic E-state index is 0.00962. The fraction of sp³-hybridized carbons (Fsp3) is 0.136. The molecule has 0 saturated carbocycles. The maximum absolute atomic E-state index is 14.5. The lowest BCUT2D eigenvalue weighted by molar-refractivity contribution is 0.0593. The SMILES string of the molecule is C=Cc1c(NC(C)c2ccccc2)nc(-c2ccc(Cl)cc2F)nc1C(=O)OC. The molecule has 29 heavy (non-hydrogen) atoms. The van der Waals surface area contributed by atoms with Gasteiger partial charge in [-0.05, 0) is 30.7 Å². The first kappa shape index (κ1) is 20.5. The second-order valence-electron chi connectivity index (χ2n) is 6.25. The number of nitrogens with zero attached hydrogens (tertiary/aromatic N) is 2. The molecular weight excluding hydrogens is 393 g/mol. The summed E-state index contributed by atoms with van der Waals surface area (Å²) < 4.78 is 19.3. The molecule has 0 fully saturated rings. The molecule has 0 aliphatic heterocycles. The Balaban J connectivity index is 2.15. The molecule has 5 nitrogen and oxygen atoms in total. The van der Waals surface area contributed by atoms with Crippen molar-refractivity contribution >= 4 is 29.5 Å². The molecule has 1 N–H and O–H groups in total. The van der Waals surface area contributed by atoms with Gasteiger partial charge in [-0.25, -0.2) is 19.2 Å². The number of methoxy groups -OCH3 is 1. The lowest BCUT2D eigenvalue weighted by Crippen LogP contribution is -2.15. The zero-order valence-electron chi connectivity index (χ0n) is 15.9. The summed E-state index contributed by atoms with van der Waals surface area (Å²) in [6.45, 7) is 5.71. The number of halogens is 2. The smallest absolute Gasteiger partial charge is 0.357 e. The Bertz CT molecular complexity index is 1060. The fourth-order valence-corrected chi connectivity index (χ4v) is 3.01. The number of benzene rings is 2. The van der Waals surface area contributed by atoms with Gasteiger partial charge in [-0.3, -0.25) is 0 Å². The van der Waals surface area contributed by atoms with Gasteiger partial charge in [-0.1, -0.05) is 54.6 Å². The number of carbonyl (C=O) groups is 1. The summed E-state index contributed by atoms with van der Waals surface area (Å²) in [5, 5.41) is 3.51. The number of hydrogen-bond acceptors (Lipinski definition) is 5. The number of ether oxygens (including phenoxy) is 1. The standard InChI is InChI=1S/C22H19ClFN3O2/c1-4-16-19(22(28)29-3)26-21(17-11-10-15(23)12-18(17)24)27-20(16)25-13(2)14-8-6-5-7-9-14/h4-13H,1H2,2-3H3,(H,25,26,27). The van der Waals surface area contributed by atoms with Gasteiger partial charge in [0.1, 0.15) is 11.6 Å². The Morgan fingerprint density at radius 3 is 2.59 bits per heavy atom. The van der Waals surface area contributed by atoms with Gasteiger partial charge in [0.25, 0.3) is 0 Å². The quantitative estimate of drug-likeness (QED) is 0.539. The van der Waals surface area contributed by atoms with Crippen molar-refractivity contribution in [3.63, 3.8) is 0 Å². The molecule has 3 rings (SSSR count). The van der Waals surface area contributed by atoms with Crippen LogP contribution in [-0.4, -0.2) is 23.0 Å². The van der Waals surface area contributed by atoms with Crippen LogP contribution in [0.4, 0.5) is 10.2 Å². The molecule has 1 aromatic heterocycles. The average molecular weight is 412 g/mol. The first-order valence-electron chi connectivity index (χ1n) is 8.84. The summed E-state index contributed by atoms with van der Waals surface area (Å²) in [4.78, 5) is 21.0. The van der Waals surface area contributed by atoms with Crippen LogP contribution in [0.25, 0.3) is 17.5 Å². The zero-order valence-corrected chi connectivity index (χ0v) is 16.7. The van der Waals surface area contributed by atoms with E-state index in [4.69, 9.17) is 16.3 Å². The van der Waals surface area contributed by atoms with Crippen molar-refractivity contribution in [2.45, 2.75) is 13.0 Å². The number of aromatic nitrogens is 2. The van der Waals surface area contributed by atoms with Gasteiger partial charge in [-0.15, -0.1) is 0 Å². The fourth-order valence-electron chi connectivity index (χ4n) is 2.85. The van der Waals surface area contributed by atoms with Crippen LogP contribution < -0.4 is 5.32 Å². The van der Waals surface area contributed by atoms with Gasteiger partial charge in [0, 0.05) is 16.6 Å². The number of anilines is 1. The Morgan fingerprint density at radius 2 is 1.97 bits per heavy atom. The Labute approximate surface area is 173 Å². The third-order valence-corrected chi connectivity index (χ3v) is 4.59. The maximum atomic E-state index is 14.5. The summed E-state index contributed by atoms with van der Waals surface area (Å²) in [7, 11) is 1.25. The average Bonchev–Trinajstić information content (AvgIpc) is 2.73. The van der Waals surface area contributed by atoms with E-state index >= 15 is 0 Å². The van der Waals surface area contributed by atoms with Crippen LogP contribution in [0.3, 0.4) is 0 Å². The molecule has 0 aliphatic carbocycles. The summed E-state index contributed by atoms with van der Waals surface area (Å²) in [5.74, 6) is -0.890.